The number of Topliss-reactive ketones (excluding diaryl/α,β-unsaturated/α-hetero) is 1. The first-order valence-electron chi connectivity index (χ1n) is 5.60. The zero-order valence-corrected chi connectivity index (χ0v) is 11.2. The molecule has 0 aliphatic carbocycles. The number of rotatable bonds is 1. The van der Waals surface area contributed by atoms with Crippen molar-refractivity contribution in [1.82, 2.24) is 10.6 Å². The zero-order chi connectivity index (χ0) is 12.9. The summed E-state index contributed by atoms with van der Waals surface area (Å²) in [6.07, 6.45) is -0.588. The molecule has 6 heteroatoms. The summed E-state index contributed by atoms with van der Waals surface area (Å²) in [7, 11) is 0. The molecule has 1 saturated heterocycles. The van der Waals surface area contributed by atoms with E-state index in [4.69, 9.17) is 4.74 Å². The van der Waals surface area contributed by atoms with Crippen LogP contribution >= 0.6 is 15.9 Å². The first-order valence-corrected chi connectivity index (χ1v) is 6.39. The minimum atomic E-state index is -0.588. The number of benzene rings is 1. The molecular weight excluding hydrogens is 300 g/mol. The first kappa shape index (κ1) is 11.5. The number of amides is 2. The van der Waals surface area contributed by atoms with Crippen LogP contribution < -0.4 is 15.4 Å². The Kier molecular flexibility index (Phi) is 2.55. The summed E-state index contributed by atoms with van der Waals surface area (Å²) in [6.45, 7) is 1.51. The second-order valence-corrected chi connectivity index (χ2v) is 5.37. The third-order valence-electron chi connectivity index (χ3n) is 3.28. The van der Waals surface area contributed by atoms with E-state index in [0.29, 0.717) is 5.75 Å². The number of halogens is 1. The minimum Gasteiger partial charge on any atom is -0.469 e. The molecular formula is C12H11BrN2O3. The fourth-order valence-electron chi connectivity index (χ4n) is 2.49. The maximum Gasteiger partial charge on any atom is 0.318 e. The topological polar surface area (TPSA) is 67.4 Å². The average molecular weight is 311 g/mol. The van der Waals surface area contributed by atoms with Crippen molar-refractivity contribution in [2.75, 3.05) is 0 Å². The molecule has 3 atom stereocenters. The predicted octanol–water partition coefficient (Wildman–Crippen LogP) is 1.73. The largest absolute Gasteiger partial charge is 0.469 e. The fraction of sp³-hybridized carbons (Fsp3) is 0.333. The number of ketones is 1. The molecule has 1 fully saturated rings. The quantitative estimate of drug-likeness (QED) is 0.830. The fourth-order valence-corrected chi connectivity index (χ4v) is 2.87. The van der Waals surface area contributed by atoms with Gasteiger partial charge in [-0.2, -0.15) is 0 Å². The summed E-state index contributed by atoms with van der Waals surface area (Å²) in [5.74, 6) is 0.283. The molecule has 94 valence electrons. The molecule has 2 heterocycles. The van der Waals surface area contributed by atoms with E-state index in [1.807, 2.05) is 18.2 Å². The summed E-state index contributed by atoms with van der Waals surface area (Å²) in [4.78, 5) is 23.2. The predicted molar refractivity (Wildman–Crippen MR) is 67.1 cm³/mol. The van der Waals surface area contributed by atoms with Gasteiger partial charge in [0.25, 0.3) is 0 Å². The lowest BCUT2D eigenvalue weighted by Crippen LogP contribution is -2.62. The molecule has 2 aliphatic heterocycles. The van der Waals surface area contributed by atoms with Crippen molar-refractivity contribution in [3.63, 3.8) is 0 Å². The van der Waals surface area contributed by atoms with Crippen LogP contribution in [0.2, 0.25) is 0 Å². The van der Waals surface area contributed by atoms with Crippen LogP contribution in [0.3, 0.4) is 0 Å². The number of urea groups is 1. The Balaban J connectivity index is 2.12. The third kappa shape index (κ3) is 1.68. The number of carbonyl (C=O) groups is 2. The number of ether oxygens (including phenoxy) is 1. The molecule has 2 amide bonds. The van der Waals surface area contributed by atoms with Gasteiger partial charge in [-0.1, -0.05) is 15.9 Å². The number of nitrogens with one attached hydrogen (secondary N) is 2. The van der Waals surface area contributed by atoms with Gasteiger partial charge in [0.05, 0.1) is 12.0 Å². The molecule has 3 rings (SSSR count). The van der Waals surface area contributed by atoms with Crippen molar-refractivity contribution in [2.45, 2.75) is 19.2 Å². The zero-order valence-electron chi connectivity index (χ0n) is 9.57. The third-order valence-corrected chi connectivity index (χ3v) is 3.77. The van der Waals surface area contributed by atoms with E-state index in [1.165, 1.54) is 6.92 Å². The van der Waals surface area contributed by atoms with Crippen molar-refractivity contribution >= 4 is 27.7 Å². The molecule has 3 unspecified atom stereocenters. The van der Waals surface area contributed by atoms with Gasteiger partial charge in [-0.05, 0) is 25.1 Å². The molecule has 5 nitrogen and oxygen atoms in total. The maximum atomic E-state index is 11.7. The lowest BCUT2D eigenvalue weighted by Gasteiger charge is -2.42. The van der Waals surface area contributed by atoms with Crippen LogP contribution in [0.25, 0.3) is 0 Å². The molecule has 2 N–H and O–H groups in total. The summed E-state index contributed by atoms with van der Waals surface area (Å²) in [5.41, 5.74) is 0.829. The Labute approximate surface area is 112 Å². The van der Waals surface area contributed by atoms with Gasteiger partial charge in [-0.15, -0.1) is 0 Å². The van der Waals surface area contributed by atoms with Crippen molar-refractivity contribution in [3.05, 3.63) is 28.2 Å². The van der Waals surface area contributed by atoms with E-state index in [9.17, 15) is 9.59 Å². The number of hydrogen-bond acceptors (Lipinski definition) is 3. The normalized spacial score (nSPS) is 28.6. The number of carbonyl (C=O) groups excluding carboxylic acids is 2. The molecule has 0 spiro atoms. The van der Waals surface area contributed by atoms with E-state index >= 15 is 0 Å². The van der Waals surface area contributed by atoms with E-state index in [-0.39, 0.29) is 17.9 Å². The Bertz CT molecular complexity index is 546. The molecule has 0 saturated carbocycles. The Hall–Kier alpha value is -1.56. The highest BCUT2D eigenvalue weighted by atomic mass is 79.9. The smallest absolute Gasteiger partial charge is 0.318 e. The van der Waals surface area contributed by atoms with Crippen LogP contribution in [0.4, 0.5) is 4.79 Å². The molecule has 1 aromatic rings. The van der Waals surface area contributed by atoms with E-state index in [2.05, 4.69) is 26.6 Å². The highest BCUT2D eigenvalue weighted by Crippen LogP contribution is 2.41. The Morgan fingerprint density at radius 2 is 2.17 bits per heavy atom. The van der Waals surface area contributed by atoms with Crippen molar-refractivity contribution < 1.29 is 14.3 Å². The van der Waals surface area contributed by atoms with Gasteiger partial charge >= 0.3 is 6.03 Å². The number of hydrogen-bond donors (Lipinski definition) is 2. The lowest BCUT2D eigenvalue weighted by atomic mass is 9.84. The van der Waals surface area contributed by atoms with Gasteiger partial charge < -0.3 is 15.4 Å². The van der Waals surface area contributed by atoms with Crippen LogP contribution in [-0.4, -0.2) is 18.0 Å². The summed E-state index contributed by atoms with van der Waals surface area (Å²) in [6, 6.07) is 4.92. The maximum absolute atomic E-state index is 11.7. The summed E-state index contributed by atoms with van der Waals surface area (Å²) in [5, 5.41) is 5.42. The van der Waals surface area contributed by atoms with Gasteiger partial charge in [0.2, 0.25) is 0 Å². The number of fused-ring (bicyclic) bond motifs is 4. The Morgan fingerprint density at radius 3 is 2.89 bits per heavy atom. The SMILES string of the molecule is CC(=O)C1C2NC(=O)NC1c1cc(Br)ccc1O2. The second-order valence-electron chi connectivity index (χ2n) is 4.45. The van der Waals surface area contributed by atoms with E-state index in [0.717, 1.165) is 10.0 Å². The standard InChI is InChI=1S/C12H11BrN2O3/c1-5(16)9-10-7-4-6(13)2-3-8(7)18-11(9)15-12(17)14-10/h2-4,9-11H,1H3,(H2,14,15,17). The second kappa shape index (κ2) is 3.98. The van der Waals surface area contributed by atoms with E-state index < -0.39 is 12.1 Å². The molecule has 0 aromatic heterocycles. The van der Waals surface area contributed by atoms with Crippen molar-refractivity contribution in [1.29, 1.82) is 0 Å². The lowest BCUT2D eigenvalue weighted by molar-refractivity contribution is -0.127. The van der Waals surface area contributed by atoms with Crippen molar-refractivity contribution in [3.8, 4) is 5.75 Å². The molecule has 0 radical (unpaired) electrons. The Morgan fingerprint density at radius 1 is 1.39 bits per heavy atom. The van der Waals surface area contributed by atoms with Gasteiger partial charge in [-0.3, -0.25) is 4.79 Å². The first-order chi connectivity index (χ1) is 8.56. The average Bonchev–Trinajstić information content (AvgIpc) is 2.29. The minimum absolute atomic E-state index is 0.0110. The van der Waals surface area contributed by atoms with E-state index in [1.54, 1.807) is 0 Å². The van der Waals surface area contributed by atoms with Crippen molar-refractivity contribution in [2.24, 2.45) is 5.92 Å². The van der Waals surface area contributed by atoms with Crippen LogP contribution in [0.5, 0.6) is 5.75 Å². The van der Waals surface area contributed by atoms with Crippen LogP contribution in [0, 0.1) is 5.92 Å². The highest BCUT2D eigenvalue weighted by Gasteiger charge is 2.46. The van der Waals surface area contributed by atoms with Crippen LogP contribution in [0.15, 0.2) is 22.7 Å². The van der Waals surface area contributed by atoms with Crippen LogP contribution in [0.1, 0.15) is 18.5 Å². The molecule has 2 aliphatic rings. The molecule has 2 bridgehead atoms. The van der Waals surface area contributed by atoms with Gasteiger partial charge in [-0.25, -0.2) is 4.79 Å². The summed E-state index contributed by atoms with van der Waals surface area (Å²) < 4.78 is 6.58. The van der Waals surface area contributed by atoms with Gasteiger partial charge in [0.1, 0.15) is 11.5 Å². The summed E-state index contributed by atoms with van der Waals surface area (Å²) >= 11 is 3.38. The van der Waals surface area contributed by atoms with Gasteiger partial charge in [0.15, 0.2) is 6.23 Å². The highest BCUT2D eigenvalue weighted by molar-refractivity contribution is 9.10. The van der Waals surface area contributed by atoms with Crippen LogP contribution in [-0.2, 0) is 4.79 Å². The molecule has 18 heavy (non-hydrogen) atoms. The van der Waals surface area contributed by atoms with Gasteiger partial charge in [0, 0.05) is 10.0 Å². The monoisotopic (exact) mass is 310 g/mol. The molecule has 1 aromatic carbocycles.